The monoisotopic (exact) mass is 183 g/mol. The summed E-state index contributed by atoms with van der Waals surface area (Å²) >= 11 is 0. The van der Waals surface area contributed by atoms with E-state index in [0.717, 1.165) is 0 Å². The lowest BCUT2D eigenvalue weighted by Crippen LogP contribution is -2.47. The van der Waals surface area contributed by atoms with Crippen molar-refractivity contribution >= 4 is 5.91 Å². The lowest BCUT2D eigenvalue weighted by Gasteiger charge is -2.10. The van der Waals surface area contributed by atoms with Crippen LogP contribution in [0.3, 0.4) is 0 Å². The fraction of sp³-hybridized carbons (Fsp3) is 0.429. The van der Waals surface area contributed by atoms with Crippen LogP contribution < -0.4 is 16.6 Å². The van der Waals surface area contributed by atoms with E-state index in [1.54, 1.807) is 30.2 Å². The number of nitrogens with two attached hydrogens (primary N) is 1. The molecule has 0 aliphatic carbocycles. The van der Waals surface area contributed by atoms with E-state index >= 15 is 0 Å². The Morgan fingerprint density at radius 3 is 3.08 bits per heavy atom. The number of aromatic nitrogens is 2. The molecule has 0 aliphatic heterocycles. The van der Waals surface area contributed by atoms with Crippen LogP contribution in [-0.4, -0.2) is 28.8 Å². The molecule has 0 spiro atoms. The fourth-order valence-electron chi connectivity index (χ4n) is 0.909. The first kappa shape index (κ1) is 9.69. The maximum absolute atomic E-state index is 11.1. The lowest BCUT2D eigenvalue weighted by molar-refractivity contribution is -0.123. The highest BCUT2D eigenvalue weighted by molar-refractivity contribution is 5.80. The number of nitrogens with zero attached hydrogens (tertiary/aromatic N) is 2. The molecule has 4 N–H and O–H groups in total. The molecule has 0 saturated heterocycles. The van der Waals surface area contributed by atoms with Gasteiger partial charge in [0.1, 0.15) is 6.04 Å². The smallest absolute Gasteiger partial charge is 0.252 e. The van der Waals surface area contributed by atoms with Crippen molar-refractivity contribution in [2.75, 3.05) is 7.05 Å². The van der Waals surface area contributed by atoms with Crippen molar-refractivity contribution < 1.29 is 4.79 Å². The summed E-state index contributed by atoms with van der Waals surface area (Å²) in [6, 6.07) is 1.19. The Hall–Kier alpha value is -1.40. The Morgan fingerprint density at radius 2 is 2.54 bits per heavy atom. The summed E-state index contributed by atoms with van der Waals surface area (Å²) in [4.78, 5) is 11.1. The van der Waals surface area contributed by atoms with Crippen molar-refractivity contribution in [3.63, 3.8) is 0 Å². The third-order valence-electron chi connectivity index (χ3n) is 1.53. The molecule has 0 unspecified atom stereocenters. The largest absolute Gasteiger partial charge is 0.318 e. The summed E-state index contributed by atoms with van der Waals surface area (Å²) in [5, 5.41) is 3.93. The lowest BCUT2D eigenvalue weighted by atomic mass is 10.3. The quantitative estimate of drug-likeness (QED) is 0.494. The van der Waals surface area contributed by atoms with Gasteiger partial charge in [-0.3, -0.25) is 14.9 Å². The molecule has 0 saturated carbocycles. The number of amides is 1. The highest BCUT2D eigenvalue weighted by Crippen LogP contribution is 1.88. The average Bonchev–Trinajstić information content (AvgIpc) is 2.57. The molecule has 0 aromatic carbocycles. The van der Waals surface area contributed by atoms with E-state index in [2.05, 4.69) is 16.0 Å². The van der Waals surface area contributed by atoms with Crippen molar-refractivity contribution in [2.45, 2.75) is 12.6 Å². The van der Waals surface area contributed by atoms with Crippen LogP contribution in [0, 0.1) is 0 Å². The third kappa shape index (κ3) is 2.85. The summed E-state index contributed by atoms with van der Waals surface area (Å²) in [6.45, 7) is 0.376. The second-order valence-electron chi connectivity index (χ2n) is 2.57. The summed E-state index contributed by atoms with van der Waals surface area (Å²) < 4.78 is 1.61. The maximum Gasteiger partial charge on any atom is 0.252 e. The highest BCUT2D eigenvalue weighted by Gasteiger charge is 2.12. The zero-order valence-corrected chi connectivity index (χ0v) is 7.40. The number of carbonyl (C=O) groups excluding carboxylic acids is 1. The fourth-order valence-corrected chi connectivity index (χ4v) is 0.909. The third-order valence-corrected chi connectivity index (χ3v) is 1.53. The van der Waals surface area contributed by atoms with E-state index < -0.39 is 6.04 Å². The van der Waals surface area contributed by atoms with Crippen LogP contribution in [0.25, 0.3) is 0 Å². The Balaban J connectivity index is 2.41. The van der Waals surface area contributed by atoms with E-state index in [1.165, 1.54) is 0 Å². The number of hydrazine groups is 1. The molecular weight excluding hydrogens is 170 g/mol. The molecule has 6 heteroatoms. The zero-order chi connectivity index (χ0) is 9.68. The first-order valence-electron chi connectivity index (χ1n) is 3.93. The van der Waals surface area contributed by atoms with E-state index in [9.17, 15) is 4.79 Å². The molecule has 1 atom stereocenters. The Morgan fingerprint density at radius 1 is 1.77 bits per heavy atom. The number of carbonyl (C=O) groups is 1. The van der Waals surface area contributed by atoms with Crippen molar-refractivity contribution in [2.24, 2.45) is 5.73 Å². The first-order chi connectivity index (χ1) is 6.24. The molecule has 0 fully saturated rings. The summed E-state index contributed by atoms with van der Waals surface area (Å²) in [7, 11) is 1.61. The predicted octanol–water partition coefficient (Wildman–Crippen LogP) is -1.54. The molecular formula is C7H13N5O. The minimum atomic E-state index is -0.590. The topological polar surface area (TPSA) is 85.0 Å². The van der Waals surface area contributed by atoms with Gasteiger partial charge in [-0.05, 0) is 6.07 Å². The van der Waals surface area contributed by atoms with Gasteiger partial charge in [-0.1, -0.05) is 0 Å². The van der Waals surface area contributed by atoms with E-state index in [1.807, 2.05) is 0 Å². The molecule has 6 nitrogen and oxygen atoms in total. The van der Waals surface area contributed by atoms with Crippen LogP contribution in [0.2, 0.25) is 0 Å². The Kier molecular flexibility index (Phi) is 3.41. The van der Waals surface area contributed by atoms with E-state index in [0.29, 0.717) is 6.54 Å². The minimum Gasteiger partial charge on any atom is -0.318 e. The van der Waals surface area contributed by atoms with Gasteiger partial charge in [0.25, 0.3) is 5.91 Å². The standard InChI is InChI=1S/C7H13N5O/c1-9-11-7(13)6(8)5-12-4-2-3-10-12/h2-4,6,9H,5,8H2,1H3,(H,11,13)/t6-/m0/s1. The van der Waals surface area contributed by atoms with Gasteiger partial charge in [-0.15, -0.1) is 0 Å². The molecule has 1 aromatic heterocycles. The van der Waals surface area contributed by atoms with Gasteiger partial charge in [0, 0.05) is 19.4 Å². The molecule has 1 amide bonds. The Labute approximate surface area is 76.1 Å². The first-order valence-corrected chi connectivity index (χ1v) is 3.93. The highest BCUT2D eigenvalue weighted by atomic mass is 16.2. The Bertz CT molecular complexity index is 258. The normalized spacial score (nSPS) is 12.5. The van der Waals surface area contributed by atoms with Gasteiger partial charge in [0.2, 0.25) is 0 Å². The molecule has 0 bridgehead atoms. The van der Waals surface area contributed by atoms with Crippen molar-refractivity contribution in [1.29, 1.82) is 0 Å². The number of hydrogen-bond acceptors (Lipinski definition) is 4. The van der Waals surface area contributed by atoms with Gasteiger partial charge in [0.05, 0.1) is 6.54 Å². The zero-order valence-electron chi connectivity index (χ0n) is 7.40. The van der Waals surface area contributed by atoms with Gasteiger partial charge >= 0.3 is 0 Å². The van der Waals surface area contributed by atoms with E-state index in [4.69, 9.17) is 5.73 Å². The minimum absolute atomic E-state index is 0.252. The second-order valence-corrected chi connectivity index (χ2v) is 2.57. The van der Waals surface area contributed by atoms with Crippen molar-refractivity contribution in [1.82, 2.24) is 20.6 Å². The van der Waals surface area contributed by atoms with Gasteiger partial charge in [-0.2, -0.15) is 5.10 Å². The molecule has 0 radical (unpaired) electrons. The molecule has 1 rings (SSSR count). The molecule has 13 heavy (non-hydrogen) atoms. The average molecular weight is 183 g/mol. The molecule has 72 valence electrons. The van der Waals surface area contributed by atoms with Crippen LogP contribution >= 0.6 is 0 Å². The number of hydrogen-bond donors (Lipinski definition) is 3. The SMILES string of the molecule is CNNC(=O)[C@@H](N)Cn1cccn1. The summed E-state index contributed by atoms with van der Waals surface area (Å²) in [5.41, 5.74) is 10.5. The second kappa shape index (κ2) is 4.58. The van der Waals surface area contributed by atoms with Crippen LogP contribution in [0.5, 0.6) is 0 Å². The van der Waals surface area contributed by atoms with Crippen LogP contribution in [0.1, 0.15) is 0 Å². The van der Waals surface area contributed by atoms with Gasteiger partial charge < -0.3 is 5.73 Å². The van der Waals surface area contributed by atoms with Crippen molar-refractivity contribution in [3.8, 4) is 0 Å². The molecule has 1 aromatic rings. The van der Waals surface area contributed by atoms with Crippen LogP contribution in [0.4, 0.5) is 0 Å². The van der Waals surface area contributed by atoms with Gasteiger partial charge in [0.15, 0.2) is 0 Å². The van der Waals surface area contributed by atoms with Crippen LogP contribution in [-0.2, 0) is 11.3 Å². The molecule has 1 heterocycles. The van der Waals surface area contributed by atoms with Crippen LogP contribution in [0.15, 0.2) is 18.5 Å². The van der Waals surface area contributed by atoms with E-state index in [-0.39, 0.29) is 5.91 Å². The summed E-state index contributed by atoms with van der Waals surface area (Å²) in [6.07, 6.45) is 3.40. The number of nitrogens with one attached hydrogen (secondary N) is 2. The predicted molar refractivity (Wildman–Crippen MR) is 47.4 cm³/mol. The van der Waals surface area contributed by atoms with Gasteiger partial charge in [-0.25, -0.2) is 5.43 Å². The summed E-state index contributed by atoms with van der Waals surface area (Å²) in [5.74, 6) is -0.252. The molecule has 0 aliphatic rings. The number of rotatable bonds is 4. The van der Waals surface area contributed by atoms with Crippen molar-refractivity contribution in [3.05, 3.63) is 18.5 Å². The maximum atomic E-state index is 11.1.